The highest BCUT2D eigenvalue weighted by Crippen LogP contribution is 2.28. The second kappa shape index (κ2) is 5.91. The lowest BCUT2D eigenvalue weighted by Crippen LogP contribution is -2.28. The predicted octanol–water partition coefficient (Wildman–Crippen LogP) is 4.02. The minimum Gasteiger partial charge on any atom is -0.207 e. The zero-order valence-corrected chi connectivity index (χ0v) is 14.7. The Morgan fingerprint density at radius 2 is 1.67 bits per heavy atom. The van der Waals surface area contributed by atoms with Crippen molar-refractivity contribution in [2.45, 2.75) is 45.6 Å². The minimum atomic E-state index is -3.54. The molecule has 21 heavy (non-hydrogen) atoms. The van der Waals surface area contributed by atoms with E-state index < -0.39 is 10.0 Å². The Hall–Kier alpha value is -1.17. The van der Waals surface area contributed by atoms with Crippen LogP contribution in [0.2, 0.25) is 0 Å². The van der Waals surface area contributed by atoms with E-state index in [1.807, 2.05) is 58.2 Å². The van der Waals surface area contributed by atoms with Crippen LogP contribution in [0.5, 0.6) is 0 Å². The van der Waals surface area contributed by atoms with Gasteiger partial charge in [0.15, 0.2) is 0 Å². The molecule has 3 nitrogen and oxygen atoms in total. The van der Waals surface area contributed by atoms with Gasteiger partial charge in [-0.05, 0) is 68.3 Å². The normalized spacial score (nSPS) is 13.4. The Morgan fingerprint density at radius 3 is 2.14 bits per heavy atom. The number of thiophene rings is 1. The summed E-state index contributed by atoms with van der Waals surface area (Å²) in [7, 11) is -3.54. The Bertz CT molecular complexity index is 721. The fourth-order valence-corrected chi connectivity index (χ4v) is 5.12. The van der Waals surface area contributed by atoms with Crippen molar-refractivity contribution in [1.82, 2.24) is 4.72 Å². The first-order valence-electron chi connectivity index (χ1n) is 6.87. The molecule has 0 unspecified atom stereocenters. The molecule has 0 fully saturated rings. The van der Waals surface area contributed by atoms with Gasteiger partial charge >= 0.3 is 0 Å². The van der Waals surface area contributed by atoms with Gasteiger partial charge in [-0.1, -0.05) is 12.1 Å². The number of sulfonamides is 1. The molecule has 2 rings (SSSR count). The van der Waals surface area contributed by atoms with Gasteiger partial charge in [-0.2, -0.15) is 0 Å². The molecule has 0 aliphatic heterocycles. The lowest BCUT2D eigenvalue weighted by atomic mass is 10.0. The van der Waals surface area contributed by atoms with Gasteiger partial charge in [0, 0.05) is 4.88 Å². The molecule has 1 atom stereocenters. The van der Waals surface area contributed by atoms with Crippen molar-refractivity contribution >= 4 is 21.4 Å². The van der Waals surface area contributed by atoms with Gasteiger partial charge in [0.1, 0.15) is 0 Å². The molecule has 1 aromatic carbocycles. The van der Waals surface area contributed by atoms with Gasteiger partial charge in [0.25, 0.3) is 0 Å². The molecule has 0 saturated carbocycles. The van der Waals surface area contributed by atoms with Gasteiger partial charge in [-0.3, -0.25) is 0 Å². The van der Waals surface area contributed by atoms with Crippen molar-refractivity contribution in [1.29, 1.82) is 0 Å². The average Bonchev–Trinajstić information content (AvgIpc) is 2.89. The van der Waals surface area contributed by atoms with Crippen molar-refractivity contribution in [3.63, 3.8) is 0 Å². The van der Waals surface area contributed by atoms with Crippen molar-refractivity contribution in [2.75, 3.05) is 0 Å². The van der Waals surface area contributed by atoms with E-state index in [1.165, 1.54) is 0 Å². The van der Waals surface area contributed by atoms with E-state index in [9.17, 15) is 8.42 Å². The summed E-state index contributed by atoms with van der Waals surface area (Å²) in [5, 5.41) is 1.95. The summed E-state index contributed by atoms with van der Waals surface area (Å²) in [5.74, 6) is 0. The molecule has 114 valence electrons. The van der Waals surface area contributed by atoms with E-state index in [-0.39, 0.29) is 6.04 Å². The van der Waals surface area contributed by atoms with Crippen molar-refractivity contribution < 1.29 is 8.42 Å². The van der Waals surface area contributed by atoms with Crippen LogP contribution in [0.25, 0.3) is 0 Å². The highest BCUT2D eigenvalue weighted by molar-refractivity contribution is 7.89. The Balaban J connectivity index is 2.46. The third-order valence-corrected chi connectivity index (χ3v) is 6.74. The van der Waals surface area contributed by atoms with E-state index in [0.717, 1.165) is 27.1 Å². The molecule has 0 bridgehead atoms. The zero-order valence-electron chi connectivity index (χ0n) is 13.0. The summed E-state index contributed by atoms with van der Waals surface area (Å²) in [5.41, 5.74) is 3.65. The fourth-order valence-electron chi connectivity index (χ4n) is 2.47. The highest BCUT2D eigenvalue weighted by atomic mass is 32.2. The van der Waals surface area contributed by atoms with Crippen LogP contribution in [-0.4, -0.2) is 8.42 Å². The summed E-state index contributed by atoms with van der Waals surface area (Å²) in [6.45, 7) is 9.50. The molecule has 2 aromatic rings. The third kappa shape index (κ3) is 3.20. The van der Waals surface area contributed by atoms with E-state index in [0.29, 0.717) is 4.90 Å². The Labute approximate surface area is 131 Å². The quantitative estimate of drug-likeness (QED) is 0.923. The van der Waals surface area contributed by atoms with Crippen molar-refractivity contribution in [3.8, 4) is 0 Å². The monoisotopic (exact) mass is 323 g/mol. The smallest absolute Gasteiger partial charge is 0.207 e. The summed E-state index contributed by atoms with van der Waals surface area (Å²) in [4.78, 5) is 1.43. The maximum Gasteiger partial charge on any atom is 0.241 e. The van der Waals surface area contributed by atoms with Gasteiger partial charge < -0.3 is 0 Å². The van der Waals surface area contributed by atoms with Crippen LogP contribution in [-0.2, 0) is 10.0 Å². The number of aryl methyl sites for hydroxylation is 2. The van der Waals surface area contributed by atoms with Crippen LogP contribution in [0.15, 0.2) is 28.5 Å². The molecule has 0 radical (unpaired) electrons. The van der Waals surface area contributed by atoms with E-state index in [1.54, 1.807) is 11.3 Å². The van der Waals surface area contributed by atoms with Crippen LogP contribution in [0.4, 0.5) is 0 Å². The maximum atomic E-state index is 12.8. The van der Waals surface area contributed by atoms with Crippen molar-refractivity contribution in [2.24, 2.45) is 0 Å². The molecular formula is C16H21NO2S2. The molecule has 1 N–H and O–H groups in total. The number of benzene rings is 1. The molecule has 0 aliphatic rings. The molecule has 0 spiro atoms. The highest BCUT2D eigenvalue weighted by Gasteiger charge is 2.24. The lowest BCUT2D eigenvalue weighted by Gasteiger charge is -2.18. The topological polar surface area (TPSA) is 46.2 Å². The number of hydrogen-bond donors (Lipinski definition) is 1. The van der Waals surface area contributed by atoms with E-state index in [4.69, 9.17) is 0 Å². The minimum absolute atomic E-state index is 0.227. The van der Waals surface area contributed by atoms with E-state index in [2.05, 4.69) is 4.72 Å². The first kappa shape index (κ1) is 16.2. The summed E-state index contributed by atoms with van der Waals surface area (Å²) in [6, 6.07) is 5.68. The first-order valence-corrected chi connectivity index (χ1v) is 9.23. The SMILES string of the molecule is Cc1cc(C)c(C)c(S(=O)(=O)N[C@@H](C)c2cccs2)c1C. The average molecular weight is 323 g/mol. The van der Waals surface area contributed by atoms with Gasteiger partial charge in [0.05, 0.1) is 10.9 Å². The molecule has 1 aromatic heterocycles. The summed E-state index contributed by atoms with van der Waals surface area (Å²) >= 11 is 1.55. The molecule has 0 aliphatic carbocycles. The van der Waals surface area contributed by atoms with Gasteiger partial charge in [0.2, 0.25) is 10.0 Å². The maximum absolute atomic E-state index is 12.8. The van der Waals surface area contributed by atoms with Crippen LogP contribution in [0.1, 0.15) is 40.1 Å². The standard InChI is InChI=1S/C16H21NO2S2/c1-10-9-11(2)13(4)16(12(10)3)21(18,19)17-14(5)15-7-6-8-20-15/h6-9,14,17H,1-5H3/t14-/m0/s1. The first-order chi connectivity index (χ1) is 9.74. The van der Waals surface area contributed by atoms with Gasteiger partial charge in [-0.15, -0.1) is 11.3 Å². The van der Waals surface area contributed by atoms with Crippen molar-refractivity contribution in [3.05, 3.63) is 50.7 Å². The zero-order chi connectivity index (χ0) is 15.8. The van der Waals surface area contributed by atoms with Crippen LogP contribution >= 0.6 is 11.3 Å². The van der Waals surface area contributed by atoms with Crippen LogP contribution < -0.4 is 4.72 Å². The van der Waals surface area contributed by atoms with Gasteiger partial charge in [-0.25, -0.2) is 13.1 Å². The second-order valence-electron chi connectivity index (χ2n) is 5.45. The summed E-state index contributed by atoms with van der Waals surface area (Å²) in [6.07, 6.45) is 0. The summed E-state index contributed by atoms with van der Waals surface area (Å²) < 4.78 is 28.3. The number of rotatable bonds is 4. The molecular weight excluding hydrogens is 302 g/mol. The van der Waals surface area contributed by atoms with Crippen LogP contribution in [0, 0.1) is 27.7 Å². The molecule has 5 heteroatoms. The van der Waals surface area contributed by atoms with Crippen LogP contribution in [0.3, 0.4) is 0 Å². The largest absolute Gasteiger partial charge is 0.241 e. The number of nitrogens with one attached hydrogen (secondary N) is 1. The molecule has 0 saturated heterocycles. The molecule has 0 amide bonds. The Morgan fingerprint density at radius 1 is 1.10 bits per heavy atom. The molecule has 1 heterocycles. The predicted molar refractivity (Wildman–Crippen MR) is 88.4 cm³/mol. The second-order valence-corrected chi connectivity index (χ2v) is 8.08. The fraction of sp³-hybridized carbons (Fsp3) is 0.375. The lowest BCUT2D eigenvalue weighted by molar-refractivity contribution is 0.567. The number of hydrogen-bond acceptors (Lipinski definition) is 3. The third-order valence-electron chi connectivity index (χ3n) is 3.87. The Kier molecular flexibility index (Phi) is 4.56. The van der Waals surface area contributed by atoms with E-state index >= 15 is 0 Å².